The van der Waals surface area contributed by atoms with Gasteiger partial charge in [0.05, 0.1) is 12.2 Å². The number of carbonyl (C=O) groups excluding carboxylic acids is 2. The molecule has 2 aromatic rings. The maximum atomic E-state index is 12.4. The highest BCUT2D eigenvalue weighted by Gasteiger charge is 2.36. The Kier molecular flexibility index (Phi) is 8.48. The highest BCUT2D eigenvalue weighted by Crippen LogP contribution is 2.21. The zero-order chi connectivity index (χ0) is 24.3. The lowest BCUT2D eigenvalue weighted by molar-refractivity contribution is -0.152. The van der Waals surface area contributed by atoms with Crippen molar-refractivity contribution in [3.8, 4) is 0 Å². The zero-order valence-corrected chi connectivity index (χ0v) is 19.6. The molecule has 2 aromatic carbocycles. The largest absolute Gasteiger partial charge is 0.390 e. The molecule has 32 heavy (non-hydrogen) atoms. The number of benzene rings is 2. The standard InChI is InChI=1S/C26H34O6/c1-13-7-15(3)19(16(4)8-13)11-21(27)23(29)25(31)26(32)24(30)22(28)12-20-17(5)9-14(2)10-18(20)6/h7-10,21-24,27-30H,11-12H2,1-6H3/t21?,22?,23-,24+. The van der Waals surface area contributed by atoms with E-state index in [9.17, 15) is 30.0 Å². The Labute approximate surface area is 189 Å². The van der Waals surface area contributed by atoms with Crippen LogP contribution in [0, 0.1) is 41.5 Å². The van der Waals surface area contributed by atoms with Crippen molar-refractivity contribution in [3.63, 3.8) is 0 Å². The van der Waals surface area contributed by atoms with Gasteiger partial charge in [0.1, 0.15) is 12.2 Å². The minimum absolute atomic E-state index is 0.0153. The van der Waals surface area contributed by atoms with Crippen LogP contribution in [0.3, 0.4) is 0 Å². The Bertz CT molecular complexity index is 882. The maximum Gasteiger partial charge on any atom is 0.232 e. The second kappa shape index (κ2) is 10.5. The van der Waals surface area contributed by atoms with Crippen LogP contribution in [-0.2, 0) is 22.4 Å². The summed E-state index contributed by atoms with van der Waals surface area (Å²) in [6.45, 7) is 11.4. The van der Waals surface area contributed by atoms with Crippen LogP contribution < -0.4 is 0 Å². The third-order valence-electron chi connectivity index (χ3n) is 6.02. The van der Waals surface area contributed by atoms with Crippen molar-refractivity contribution in [1.82, 2.24) is 0 Å². The normalized spacial score (nSPS) is 15.2. The first kappa shape index (κ1) is 25.9. The average Bonchev–Trinajstić information content (AvgIpc) is 2.70. The molecule has 6 nitrogen and oxygen atoms in total. The molecule has 0 amide bonds. The summed E-state index contributed by atoms with van der Waals surface area (Å²) in [5, 5.41) is 41.4. The Morgan fingerprint density at radius 2 is 0.844 bits per heavy atom. The average molecular weight is 443 g/mol. The van der Waals surface area contributed by atoms with E-state index in [2.05, 4.69) is 0 Å². The van der Waals surface area contributed by atoms with Crippen LogP contribution in [0.5, 0.6) is 0 Å². The summed E-state index contributed by atoms with van der Waals surface area (Å²) in [6.07, 6.45) is -7.05. The molecule has 4 N–H and O–H groups in total. The number of carbonyl (C=O) groups is 2. The molecule has 0 aliphatic heterocycles. The molecule has 174 valence electrons. The predicted octanol–water partition coefficient (Wildman–Crippen LogP) is 1.90. The van der Waals surface area contributed by atoms with E-state index in [0.717, 1.165) is 44.5 Å². The van der Waals surface area contributed by atoms with E-state index < -0.39 is 36.0 Å². The molecule has 0 saturated heterocycles. The van der Waals surface area contributed by atoms with Crippen molar-refractivity contribution in [2.24, 2.45) is 0 Å². The third-order valence-corrected chi connectivity index (χ3v) is 6.02. The first-order valence-electron chi connectivity index (χ1n) is 10.8. The van der Waals surface area contributed by atoms with E-state index in [0.29, 0.717) is 0 Å². The van der Waals surface area contributed by atoms with Gasteiger partial charge in [-0.15, -0.1) is 0 Å². The van der Waals surface area contributed by atoms with Crippen molar-refractivity contribution >= 4 is 11.6 Å². The van der Waals surface area contributed by atoms with Gasteiger partial charge >= 0.3 is 0 Å². The van der Waals surface area contributed by atoms with Crippen LogP contribution in [0.25, 0.3) is 0 Å². The van der Waals surface area contributed by atoms with Crippen LogP contribution in [0.15, 0.2) is 24.3 Å². The Morgan fingerprint density at radius 3 is 1.09 bits per heavy atom. The molecule has 0 spiro atoms. The van der Waals surface area contributed by atoms with E-state index >= 15 is 0 Å². The maximum absolute atomic E-state index is 12.4. The Hall–Kier alpha value is -2.38. The zero-order valence-electron chi connectivity index (χ0n) is 19.6. The van der Waals surface area contributed by atoms with Gasteiger partial charge in [-0.2, -0.15) is 0 Å². The molecule has 0 aliphatic rings. The molecule has 0 aliphatic carbocycles. The lowest BCUT2D eigenvalue weighted by Gasteiger charge is -2.22. The van der Waals surface area contributed by atoms with Crippen LogP contribution in [0.2, 0.25) is 0 Å². The van der Waals surface area contributed by atoms with Crippen LogP contribution >= 0.6 is 0 Å². The van der Waals surface area contributed by atoms with Crippen LogP contribution in [-0.4, -0.2) is 56.4 Å². The van der Waals surface area contributed by atoms with Gasteiger partial charge in [0.15, 0.2) is 0 Å². The summed E-state index contributed by atoms with van der Waals surface area (Å²) in [5.74, 6) is -2.63. The van der Waals surface area contributed by atoms with Gasteiger partial charge in [0.25, 0.3) is 0 Å². The minimum Gasteiger partial charge on any atom is -0.390 e. The number of ketones is 2. The topological polar surface area (TPSA) is 115 Å². The first-order chi connectivity index (χ1) is 14.8. The van der Waals surface area contributed by atoms with Gasteiger partial charge in [-0.05, 0) is 74.9 Å². The van der Waals surface area contributed by atoms with Crippen molar-refractivity contribution in [2.75, 3.05) is 0 Å². The third kappa shape index (κ3) is 5.90. The summed E-state index contributed by atoms with van der Waals surface area (Å²) in [5.41, 5.74) is 7.32. The summed E-state index contributed by atoms with van der Waals surface area (Å²) >= 11 is 0. The molecule has 0 bridgehead atoms. The second-order valence-electron chi connectivity index (χ2n) is 8.92. The van der Waals surface area contributed by atoms with Gasteiger partial charge in [-0.3, -0.25) is 9.59 Å². The minimum atomic E-state index is -1.99. The van der Waals surface area contributed by atoms with E-state index in [1.807, 2.05) is 65.8 Å². The fourth-order valence-electron chi connectivity index (χ4n) is 4.35. The molecule has 0 fully saturated rings. The molecule has 0 heterocycles. The van der Waals surface area contributed by atoms with Gasteiger partial charge in [0.2, 0.25) is 11.6 Å². The van der Waals surface area contributed by atoms with E-state index in [4.69, 9.17) is 0 Å². The van der Waals surface area contributed by atoms with Gasteiger partial charge in [-0.1, -0.05) is 35.4 Å². The van der Waals surface area contributed by atoms with E-state index in [1.54, 1.807) is 0 Å². The predicted molar refractivity (Wildman–Crippen MR) is 123 cm³/mol. The van der Waals surface area contributed by atoms with Crippen molar-refractivity contribution in [2.45, 2.75) is 78.8 Å². The molecular formula is C26H34O6. The molecule has 2 unspecified atom stereocenters. The summed E-state index contributed by atoms with van der Waals surface area (Å²) in [6, 6.07) is 7.74. The number of aliphatic hydroxyl groups excluding tert-OH is 4. The Balaban J connectivity index is 2.09. The highest BCUT2D eigenvalue weighted by molar-refractivity contribution is 6.40. The summed E-state index contributed by atoms with van der Waals surface area (Å²) in [7, 11) is 0. The first-order valence-corrected chi connectivity index (χ1v) is 10.8. The smallest absolute Gasteiger partial charge is 0.232 e. The molecule has 0 aromatic heterocycles. The van der Waals surface area contributed by atoms with Gasteiger partial charge < -0.3 is 20.4 Å². The van der Waals surface area contributed by atoms with Crippen LogP contribution in [0.4, 0.5) is 0 Å². The molecule has 4 atom stereocenters. The monoisotopic (exact) mass is 442 g/mol. The van der Waals surface area contributed by atoms with E-state index in [-0.39, 0.29) is 12.8 Å². The van der Waals surface area contributed by atoms with Crippen molar-refractivity contribution in [3.05, 3.63) is 68.8 Å². The van der Waals surface area contributed by atoms with Crippen molar-refractivity contribution in [1.29, 1.82) is 0 Å². The fraction of sp³-hybridized carbons (Fsp3) is 0.462. The molecule has 0 saturated carbocycles. The van der Waals surface area contributed by atoms with Crippen LogP contribution in [0.1, 0.15) is 44.5 Å². The van der Waals surface area contributed by atoms with Gasteiger partial charge in [-0.25, -0.2) is 0 Å². The molecular weight excluding hydrogens is 408 g/mol. The number of hydrogen-bond acceptors (Lipinski definition) is 6. The van der Waals surface area contributed by atoms with Crippen molar-refractivity contribution < 1.29 is 30.0 Å². The fourth-order valence-corrected chi connectivity index (χ4v) is 4.35. The number of aryl methyl sites for hydroxylation is 6. The lowest BCUT2D eigenvalue weighted by atomic mass is 9.89. The Morgan fingerprint density at radius 1 is 0.594 bits per heavy atom. The lowest BCUT2D eigenvalue weighted by Crippen LogP contribution is -2.47. The highest BCUT2D eigenvalue weighted by atomic mass is 16.3. The molecule has 2 rings (SSSR count). The number of hydrogen-bond donors (Lipinski definition) is 4. The summed E-state index contributed by atoms with van der Waals surface area (Å²) < 4.78 is 0. The number of Topliss-reactive ketones (excluding diaryl/α,β-unsaturated/α-hetero) is 2. The molecule has 6 heteroatoms. The summed E-state index contributed by atoms with van der Waals surface area (Å²) in [4.78, 5) is 24.9. The number of rotatable bonds is 9. The van der Waals surface area contributed by atoms with Gasteiger partial charge in [0, 0.05) is 12.8 Å². The van der Waals surface area contributed by atoms with E-state index in [1.165, 1.54) is 0 Å². The second-order valence-corrected chi connectivity index (χ2v) is 8.92. The SMILES string of the molecule is Cc1cc(C)c(CC(O)[C@H](O)C(=O)C(=O)[C@H](O)C(O)Cc2c(C)cc(C)cc2C)c(C)c1. The molecule has 0 radical (unpaired) electrons. The quantitative estimate of drug-likeness (QED) is 0.441. The number of aliphatic hydroxyl groups is 4.